The summed E-state index contributed by atoms with van der Waals surface area (Å²) in [6, 6.07) is 12.7. The van der Waals surface area contributed by atoms with Crippen molar-refractivity contribution in [1.29, 1.82) is 5.26 Å². The summed E-state index contributed by atoms with van der Waals surface area (Å²) in [7, 11) is 0. The van der Waals surface area contributed by atoms with Gasteiger partial charge in [-0.15, -0.1) is 11.3 Å². The first-order chi connectivity index (χ1) is 15.1. The zero-order valence-corrected chi connectivity index (χ0v) is 19.0. The van der Waals surface area contributed by atoms with Gasteiger partial charge in [0.1, 0.15) is 11.1 Å². The zero-order valence-electron chi connectivity index (χ0n) is 18.1. The number of carbonyl (C=O) groups is 1. The highest BCUT2D eigenvalue weighted by atomic mass is 32.1. The van der Waals surface area contributed by atoms with Crippen molar-refractivity contribution in [2.45, 2.75) is 26.2 Å². The zero-order chi connectivity index (χ0) is 21.6. The Kier molecular flexibility index (Phi) is 7.18. The number of nitrogens with one attached hydrogen (secondary N) is 1. The van der Waals surface area contributed by atoms with E-state index in [1.165, 1.54) is 10.4 Å². The van der Waals surface area contributed by atoms with Crippen LogP contribution in [-0.2, 0) is 17.6 Å². The van der Waals surface area contributed by atoms with Crippen LogP contribution in [0, 0.1) is 17.2 Å². The summed E-state index contributed by atoms with van der Waals surface area (Å²) in [5, 5.41) is 13.4. The van der Waals surface area contributed by atoms with E-state index in [9.17, 15) is 10.1 Å². The molecule has 0 radical (unpaired) electrons. The number of thiophene rings is 1. The van der Waals surface area contributed by atoms with Gasteiger partial charge in [0.05, 0.1) is 12.1 Å². The number of amides is 1. The van der Waals surface area contributed by atoms with E-state index in [1.807, 2.05) is 6.07 Å². The largest absolute Gasteiger partial charge is 0.315 e. The number of anilines is 1. The monoisotopic (exact) mass is 434 g/mol. The van der Waals surface area contributed by atoms with Gasteiger partial charge in [-0.1, -0.05) is 49.4 Å². The Labute approximate surface area is 189 Å². The molecule has 6 heteroatoms. The van der Waals surface area contributed by atoms with Crippen molar-refractivity contribution in [2.75, 3.05) is 44.6 Å². The topological polar surface area (TPSA) is 59.4 Å². The molecule has 4 rings (SSSR count). The number of rotatable bonds is 6. The fourth-order valence-corrected chi connectivity index (χ4v) is 5.74. The second-order valence-corrected chi connectivity index (χ2v) is 9.71. The molecule has 1 aliphatic heterocycles. The number of nitrogens with zero attached hydrogens (tertiary/aromatic N) is 3. The average molecular weight is 435 g/mol. The molecule has 0 spiro atoms. The summed E-state index contributed by atoms with van der Waals surface area (Å²) in [5.41, 5.74) is 3.08. The molecule has 1 aliphatic carbocycles. The minimum absolute atomic E-state index is 0.0134. The van der Waals surface area contributed by atoms with Gasteiger partial charge in [0.2, 0.25) is 5.91 Å². The summed E-state index contributed by atoms with van der Waals surface area (Å²) in [6.07, 6.45) is 7.46. The van der Waals surface area contributed by atoms with Gasteiger partial charge in [0, 0.05) is 37.6 Å². The van der Waals surface area contributed by atoms with Gasteiger partial charge in [-0.3, -0.25) is 14.6 Å². The maximum absolute atomic E-state index is 12.7. The summed E-state index contributed by atoms with van der Waals surface area (Å²) >= 11 is 1.60. The van der Waals surface area contributed by atoms with Crippen LogP contribution in [0.15, 0.2) is 36.4 Å². The van der Waals surface area contributed by atoms with E-state index in [-0.39, 0.29) is 5.91 Å². The number of benzene rings is 1. The molecular formula is C25H30N4OS. The fourth-order valence-electron chi connectivity index (χ4n) is 4.36. The second kappa shape index (κ2) is 10.2. The molecular weight excluding hydrogens is 404 g/mol. The van der Waals surface area contributed by atoms with Gasteiger partial charge >= 0.3 is 0 Å². The summed E-state index contributed by atoms with van der Waals surface area (Å²) in [4.78, 5) is 18.6. The first kappa shape index (κ1) is 21.8. The van der Waals surface area contributed by atoms with Gasteiger partial charge in [-0.2, -0.15) is 5.26 Å². The molecule has 0 saturated carbocycles. The highest BCUT2D eigenvalue weighted by Crippen LogP contribution is 2.39. The average Bonchev–Trinajstić information content (AvgIpc) is 3.11. The van der Waals surface area contributed by atoms with Crippen LogP contribution in [0.3, 0.4) is 0 Å². The van der Waals surface area contributed by atoms with E-state index in [4.69, 9.17) is 0 Å². The lowest BCUT2D eigenvalue weighted by molar-refractivity contribution is -0.117. The smallest absolute Gasteiger partial charge is 0.239 e. The Morgan fingerprint density at radius 3 is 2.71 bits per heavy atom. The Morgan fingerprint density at radius 2 is 1.97 bits per heavy atom. The van der Waals surface area contributed by atoms with Crippen molar-refractivity contribution in [1.82, 2.24) is 9.80 Å². The van der Waals surface area contributed by atoms with Crippen LogP contribution >= 0.6 is 11.3 Å². The minimum atomic E-state index is -0.0134. The van der Waals surface area contributed by atoms with Crippen LogP contribution in [0.25, 0.3) is 6.08 Å². The molecule has 2 heterocycles. The minimum Gasteiger partial charge on any atom is -0.315 e. The lowest BCUT2D eigenvalue weighted by atomic mass is 9.89. The molecule has 0 bridgehead atoms. The van der Waals surface area contributed by atoms with Crippen LogP contribution in [-0.4, -0.2) is 55.0 Å². The van der Waals surface area contributed by atoms with E-state index in [0.29, 0.717) is 18.0 Å². The van der Waals surface area contributed by atoms with Crippen molar-refractivity contribution in [2.24, 2.45) is 5.92 Å². The van der Waals surface area contributed by atoms with Gasteiger partial charge in [-0.05, 0) is 36.3 Å². The van der Waals surface area contributed by atoms with E-state index in [0.717, 1.165) is 62.6 Å². The lowest BCUT2D eigenvalue weighted by Gasteiger charge is -2.33. The van der Waals surface area contributed by atoms with Crippen molar-refractivity contribution in [3.05, 3.63) is 58.0 Å². The third-order valence-electron chi connectivity index (χ3n) is 6.18. The predicted octanol–water partition coefficient (Wildman–Crippen LogP) is 4.01. The van der Waals surface area contributed by atoms with E-state index < -0.39 is 0 Å². The van der Waals surface area contributed by atoms with Crippen molar-refractivity contribution in [3.8, 4) is 6.07 Å². The van der Waals surface area contributed by atoms with E-state index >= 15 is 0 Å². The lowest BCUT2D eigenvalue weighted by Crippen LogP contribution is -2.48. The standard InChI is InChI=1S/C25H30N4OS/c1-19-9-10-21-22(17-26)25(31-23(21)16-19)27-24(30)18-29-14-12-28(13-15-29)11-5-8-20-6-3-2-4-7-20/h2-8,19H,9-16,18H2,1H3,(H,27,30). The molecule has 1 fully saturated rings. The molecule has 162 valence electrons. The van der Waals surface area contributed by atoms with Crippen molar-refractivity contribution in [3.63, 3.8) is 0 Å². The summed E-state index contributed by atoms with van der Waals surface area (Å²) in [6.45, 7) is 7.26. The number of carbonyl (C=O) groups excluding carboxylic acids is 1. The highest BCUT2D eigenvalue weighted by molar-refractivity contribution is 7.16. The summed E-state index contributed by atoms with van der Waals surface area (Å²) in [5.74, 6) is 0.639. The molecule has 1 N–H and O–H groups in total. The van der Waals surface area contributed by atoms with Crippen LogP contribution < -0.4 is 5.32 Å². The molecule has 31 heavy (non-hydrogen) atoms. The maximum Gasteiger partial charge on any atom is 0.239 e. The highest BCUT2D eigenvalue weighted by Gasteiger charge is 2.25. The molecule has 5 nitrogen and oxygen atoms in total. The Hall–Kier alpha value is -2.46. The first-order valence-electron chi connectivity index (χ1n) is 11.1. The molecule has 2 aromatic rings. The van der Waals surface area contributed by atoms with Gasteiger partial charge in [0.25, 0.3) is 0 Å². The number of nitriles is 1. The van der Waals surface area contributed by atoms with Crippen LogP contribution in [0.4, 0.5) is 5.00 Å². The number of hydrogen-bond donors (Lipinski definition) is 1. The van der Waals surface area contributed by atoms with Crippen LogP contribution in [0.2, 0.25) is 0 Å². The van der Waals surface area contributed by atoms with Gasteiger partial charge in [0.15, 0.2) is 0 Å². The second-order valence-electron chi connectivity index (χ2n) is 8.61. The number of piperazine rings is 1. The Bertz CT molecular complexity index is 967. The third-order valence-corrected chi connectivity index (χ3v) is 7.35. The van der Waals surface area contributed by atoms with Gasteiger partial charge < -0.3 is 5.32 Å². The van der Waals surface area contributed by atoms with Crippen LogP contribution in [0.5, 0.6) is 0 Å². The quantitative estimate of drug-likeness (QED) is 0.746. The van der Waals surface area contributed by atoms with Gasteiger partial charge in [-0.25, -0.2) is 0 Å². The molecule has 2 aliphatic rings. The predicted molar refractivity (Wildman–Crippen MR) is 127 cm³/mol. The maximum atomic E-state index is 12.7. The molecule has 1 aromatic heterocycles. The Balaban J connectivity index is 1.24. The molecule has 1 aromatic carbocycles. The van der Waals surface area contributed by atoms with Crippen molar-refractivity contribution < 1.29 is 4.79 Å². The SMILES string of the molecule is CC1CCc2c(sc(NC(=O)CN3CCN(CC=Cc4ccccc4)CC3)c2C#N)C1. The normalized spacial score (nSPS) is 19.8. The Morgan fingerprint density at radius 1 is 1.23 bits per heavy atom. The number of fused-ring (bicyclic) bond motifs is 1. The molecule has 1 amide bonds. The van der Waals surface area contributed by atoms with E-state index in [1.54, 1.807) is 11.3 Å². The molecule has 1 atom stereocenters. The fraction of sp³-hybridized carbons (Fsp3) is 0.440. The number of hydrogen-bond acceptors (Lipinski definition) is 5. The first-order valence-corrected chi connectivity index (χ1v) is 11.9. The summed E-state index contributed by atoms with van der Waals surface area (Å²) < 4.78 is 0. The van der Waals surface area contributed by atoms with Crippen LogP contribution in [0.1, 0.15) is 34.9 Å². The third kappa shape index (κ3) is 5.62. The van der Waals surface area contributed by atoms with E-state index in [2.05, 4.69) is 64.5 Å². The van der Waals surface area contributed by atoms with Crippen molar-refractivity contribution >= 4 is 28.3 Å². The molecule has 1 unspecified atom stereocenters. The molecule has 1 saturated heterocycles.